The van der Waals surface area contributed by atoms with Crippen LogP contribution in [0.2, 0.25) is 0 Å². The molecule has 1 aliphatic carbocycles. The van der Waals surface area contributed by atoms with Crippen LogP contribution in [0.3, 0.4) is 0 Å². The number of nitrogens with zero attached hydrogens (tertiary/aromatic N) is 1. The molecule has 2 atom stereocenters. The summed E-state index contributed by atoms with van der Waals surface area (Å²) in [7, 11) is -3.56. The molecule has 0 bridgehead atoms. The Kier molecular flexibility index (Phi) is 5.74. The van der Waals surface area contributed by atoms with E-state index in [0.29, 0.717) is 19.4 Å². The van der Waals surface area contributed by atoms with E-state index in [4.69, 9.17) is 0 Å². The summed E-state index contributed by atoms with van der Waals surface area (Å²) in [6, 6.07) is 14.8. The summed E-state index contributed by atoms with van der Waals surface area (Å²) in [5.41, 5.74) is 3.92. The first-order valence-electron chi connectivity index (χ1n) is 10.4. The predicted octanol–water partition coefficient (Wildman–Crippen LogP) is 3.45. The van der Waals surface area contributed by atoms with Gasteiger partial charge in [0.1, 0.15) is 0 Å². The third-order valence-electron chi connectivity index (χ3n) is 6.12. The van der Waals surface area contributed by atoms with Gasteiger partial charge in [0.05, 0.1) is 16.9 Å². The van der Waals surface area contributed by atoms with Crippen LogP contribution in [0.4, 0.5) is 0 Å². The summed E-state index contributed by atoms with van der Waals surface area (Å²) in [5, 5.41) is 3.11. The Labute approximate surface area is 173 Å². The van der Waals surface area contributed by atoms with Gasteiger partial charge in [0, 0.05) is 13.1 Å². The van der Waals surface area contributed by atoms with Gasteiger partial charge in [0.25, 0.3) is 0 Å². The highest BCUT2D eigenvalue weighted by atomic mass is 32.2. The lowest BCUT2D eigenvalue weighted by Gasteiger charge is -2.32. The van der Waals surface area contributed by atoms with E-state index in [0.717, 1.165) is 18.4 Å². The zero-order valence-electron chi connectivity index (χ0n) is 16.8. The van der Waals surface area contributed by atoms with Crippen molar-refractivity contribution in [1.82, 2.24) is 9.62 Å². The number of carbonyl (C=O) groups excluding carboxylic acids is 1. The number of aryl methyl sites for hydroxylation is 2. The van der Waals surface area contributed by atoms with Crippen molar-refractivity contribution in [3.63, 3.8) is 0 Å². The minimum atomic E-state index is -3.56. The molecule has 1 N–H and O–H groups in total. The Morgan fingerprint density at radius 2 is 1.83 bits per heavy atom. The van der Waals surface area contributed by atoms with Gasteiger partial charge in [-0.3, -0.25) is 4.79 Å². The maximum atomic E-state index is 12.9. The number of hydrogen-bond acceptors (Lipinski definition) is 3. The molecule has 1 aliphatic heterocycles. The van der Waals surface area contributed by atoms with Crippen LogP contribution in [0.5, 0.6) is 0 Å². The minimum absolute atomic E-state index is 0.0639. The van der Waals surface area contributed by atoms with Crippen LogP contribution in [-0.4, -0.2) is 31.7 Å². The topological polar surface area (TPSA) is 66.5 Å². The lowest BCUT2D eigenvalue weighted by atomic mass is 9.97. The van der Waals surface area contributed by atoms with Gasteiger partial charge in [-0.25, -0.2) is 8.42 Å². The van der Waals surface area contributed by atoms with E-state index in [-0.39, 0.29) is 29.3 Å². The molecule has 2 aromatic rings. The third-order valence-corrected chi connectivity index (χ3v) is 8.00. The number of benzene rings is 2. The molecule has 2 aromatic carbocycles. The Morgan fingerprint density at radius 1 is 1.07 bits per heavy atom. The average molecular weight is 413 g/mol. The minimum Gasteiger partial charge on any atom is -0.349 e. The van der Waals surface area contributed by atoms with E-state index in [1.807, 2.05) is 6.92 Å². The predicted molar refractivity (Wildman–Crippen MR) is 113 cm³/mol. The Morgan fingerprint density at radius 3 is 2.62 bits per heavy atom. The van der Waals surface area contributed by atoms with Crippen molar-refractivity contribution < 1.29 is 13.2 Å². The number of rotatable bonds is 5. The third kappa shape index (κ3) is 4.23. The largest absolute Gasteiger partial charge is 0.349 e. The molecule has 0 radical (unpaired) electrons. The molecule has 4 rings (SSSR count). The molecule has 0 saturated carbocycles. The van der Waals surface area contributed by atoms with Crippen LogP contribution < -0.4 is 5.32 Å². The number of hydrogen-bond donors (Lipinski definition) is 1. The number of amides is 1. The molecule has 1 fully saturated rings. The van der Waals surface area contributed by atoms with E-state index in [2.05, 4.69) is 23.5 Å². The van der Waals surface area contributed by atoms with Gasteiger partial charge < -0.3 is 5.32 Å². The van der Waals surface area contributed by atoms with Crippen LogP contribution >= 0.6 is 0 Å². The number of piperidine rings is 1. The molecular formula is C23H28N2O3S. The summed E-state index contributed by atoms with van der Waals surface area (Å²) in [6.45, 7) is 2.69. The Balaban J connectivity index is 1.42. The van der Waals surface area contributed by atoms with Crippen molar-refractivity contribution in [3.8, 4) is 0 Å². The maximum Gasteiger partial charge on any atom is 0.243 e. The van der Waals surface area contributed by atoms with Gasteiger partial charge in [-0.05, 0) is 67.9 Å². The van der Waals surface area contributed by atoms with Gasteiger partial charge in [0.15, 0.2) is 0 Å². The maximum absolute atomic E-state index is 12.9. The van der Waals surface area contributed by atoms with Crippen LogP contribution in [0.15, 0.2) is 53.4 Å². The molecule has 0 aromatic heterocycles. The van der Waals surface area contributed by atoms with E-state index in [1.165, 1.54) is 21.9 Å². The van der Waals surface area contributed by atoms with Crippen LogP contribution in [0.1, 0.15) is 48.9 Å². The van der Waals surface area contributed by atoms with Crippen molar-refractivity contribution in [3.05, 3.63) is 65.2 Å². The van der Waals surface area contributed by atoms with Gasteiger partial charge in [0.2, 0.25) is 15.9 Å². The summed E-state index contributed by atoms with van der Waals surface area (Å²) in [4.78, 5) is 13.2. The van der Waals surface area contributed by atoms with Crippen molar-refractivity contribution in [1.29, 1.82) is 0 Å². The molecule has 6 heteroatoms. The van der Waals surface area contributed by atoms with Crippen molar-refractivity contribution in [2.75, 3.05) is 13.1 Å². The molecule has 5 nitrogen and oxygen atoms in total. The zero-order valence-corrected chi connectivity index (χ0v) is 17.6. The summed E-state index contributed by atoms with van der Waals surface area (Å²) >= 11 is 0. The molecular weight excluding hydrogens is 384 g/mol. The first kappa shape index (κ1) is 20.1. The SMILES string of the molecule is C[C@@H](NC(=O)[C@H]1CCCN(S(=O)(=O)c2ccccc2)C1)c1ccc2c(c1)CCC2. The summed E-state index contributed by atoms with van der Waals surface area (Å²) in [6.07, 6.45) is 4.86. The molecule has 0 unspecified atom stereocenters. The molecule has 1 saturated heterocycles. The van der Waals surface area contributed by atoms with Crippen LogP contribution in [-0.2, 0) is 27.7 Å². The van der Waals surface area contributed by atoms with Crippen molar-refractivity contribution in [2.24, 2.45) is 5.92 Å². The van der Waals surface area contributed by atoms with E-state index in [1.54, 1.807) is 30.3 Å². The van der Waals surface area contributed by atoms with Gasteiger partial charge in [-0.15, -0.1) is 0 Å². The highest BCUT2D eigenvalue weighted by Crippen LogP contribution is 2.27. The summed E-state index contributed by atoms with van der Waals surface area (Å²) < 4.78 is 27.3. The lowest BCUT2D eigenvalue weighted by Crippen LogP contribution is -2.45. The molecule has 0 spiro atoms. The van der Waals surface area contributed by atoms with E-state index in [9.17, 15) is 13.2 Å². The second-order valence-electron chi connectivity index (χ2n) is 8.13. The monoisotopic (exact) mass is 412 g/mol. The van der Waals surface area contributed by atoms with E-state index < -0.39 is 10.0 Å². The first-order chi connectivity index (χ1) is 13.9. The van der Waals surface area contributed by atoms with Gasteiger partial charge in [-0.2, -0.15) is 4.31 Å². The zero-order chi connectivity index (χ0) is 20.4. The Bertz CT molecular complexity index is 988. The fourth-order valence-corrected chi connectivity index (χ4v) is 5.94. The van der Waals surface area contributed by atoms with E-state index >= 15 is 0 Å². The van der Waals surface area contributed by atoms with Crippen molar-refractivity contribution in [2.45, 2.75) is 50.0 Å². The number of carbonyl (C=O) groups is 1. The molecule has 2 aliphatic rings. The highest BCUT2D eigenvalue weighted by Gasteiger charge is 2.33. The second kappa shape index (κ2) is 8.28. The van der Waals surface area contributed by atoms with Gasteiger partial charge >= 0.3 is 0 Å². The smallest absolute Gasteiger partial charge is 0.243 e. The first-order valence-corrected chi connectivity index (χ1v) is 11.9. The molecule has 29 heavy (non-hydrogen) atoms. The number of nitrogens with one attached hydrogen (secondary N) is 1. The highest BCUT2D eigenvalue weighted by molar-refractivity contribution is 7.89. The standard InChI is InChI=1S/C23H28N2O3S/c1-17(19-13-12-18-7-5-8-20(18)15-19)24-23(26)21-9-6-14-25(16-21)29(27,28)22-10-3-2-4-11-22/h2-4,10-13,15,17,21H,5-9,14,16H2,1H3,(H,24,26)/t17-,21+/m1/s1. The fraction of sp³-hybridized carbons (Fsp3) is 0.435. The van der Waals surface area contributed by atoms with Gasteiger partial charge in [-0.1, -0.05) is 36.4 Å². The number of fused-ring (bicyclic) bond motifs is 1. The fourth-order valence-electron chi connectivity index (χ4n) is 4.39. The average Bonchev–Trinajstić information content (AvgIpc) is 3.22. The second-order valence-corrected chi connectivity index (χ2v) is 10.1. The van der Waals surface area contributed by atoms with Crippen LogP contribution in [0, 0.1) is 5.92 Å². The molecule has 1 amide bonds. The number of sulfonamides is 1. The quantitative estimate of drug-likeness (QED) is 0.818. The van der Waals surface area contributed by atoms with Crippen molar-refractivity contribution >= 4 is 15.9 Å². The lowest BCUT2D eigenvalue weighted by molar-refractivity contribution is -0.126. The Hall–Kier alpha value is -2.18. The molecule has 154 valence electrons. The summed E-state index contributed by atoms with van der Waals surface area (Å²) in [5.74, 6) is -0.384. The molecule has 1 heterocycles. The normalized spacial score (nSPS) is 20.8. The van der Waals surface area contributed by atoms with Crippen LogP contribution in [0.25, 0.3) is 0 Å².